The van der Waals surface area contributed by atoms with E-state index in [1.807, 2.05) is 24.3 Å². The molecule has 0 atom stereocenters. The number of benzene rings is 1. The predicted molar refractivity (Wildman–Crippen MR) is 98.7 cm³/mol. The van der Waals surface area contributed by atoms with Crippen molar-refractivity contribution in [3.63, 3.8) is 0 Å². The van der Waals surface area contributed by atoms with Crippen LogP contribution in [-0.4, -0.2) is 54.0 Å². The lowest BCUT2D eigenvalue weighted by Crippen LogP contribution is -2.52. The highest BCUT2D eigenvalue weighted by Crippen LogP contribution is 2.32. The van der Waals surface area contributed by atoms with E-state index < -0.39 is 17.5 Å². The number of nitrogens with zero attached hydrogens (tertiary/aromatic N) is 2. The molecule has 146 valence electrons. The third-order valence-electron chi connectivity index (χ3n) is 5.15. The van der Waals surface area contributed by atoms with E-state index in [4.69, 9.17) is 4.74 Å². The second-order valence-electron chi connectivity index (χ2n) is 7.23. The molecule has 1 aliphatic carbocycles. The minimum Gasteiger partial charge on any atom is -0.496 e. The number of urea groups is 1. The zero-order chi connectivity index (χ0) is 19.4. The Morgan fingerprint density at radius 1 is 1.26 bits per heavy atom. The topological polar surface area (TPSA) is 91.0 Å². The lowest BCUT2D eigenvalue weighted by Gasteiger charge is -2.30. The minimum absolute atomic E-state index is 0.0438. The van der Waals surface area contributed by atoms with Gasteiger partial charge in [-0.15, -0.1) is 0 Å². The summed E-state index contributed by atoms with van der Waals surface area (Å²) < 4.78 is 5.32. The van der Waals surface area contributed by atoms with Crippen LogP contribution in [0, 0.1) is 0 Å². The molecule has 3 rings (SSSR count). The summed E-state index contributed by atoms with van der Waals surface area (Å²) in [7, 11) is 3.39. The maximum absolute atomic E-state index is 12.7. The third-order valence-corrected chi connectivity index (χ3v) is 5.15. The lowest BCUT2D eigenvalue weighted by atomic mass is 9.82. The Balaban J connectivity index is 1.57. The van der Waals surface area contributed by atoms with Crippen molar-refractivity contribution < 1.29 is 19.1 Å². The van der Waals surface area contributed by atoms with E-state index in [9.17, 15) is 14.4 Å². The van der Waals surface area contributed by atoms with Crippen molar-refractivity contribution in [2.75, 3.05) is 20.7 Å². The molecule has 1 spiro atoms. The molecule has 1 aromatic carbocycles. The van der Waals surface area contributed by atoms with Gasteiger partial charge in [-0.25, -0.2) is 4.79 Å². The van der Waals surface area contributed by atoms with Crippen molar-refractivity contribution in [2.24, 2.45) is 0 Å². The molecule has 27 heavy (non-hydrogen) atoms. The molecule has 4 amide bonds. The number of nitrogens with one attached hydrogen (secondary N) is 2. The van der Waals surface area contributed by atoms with Crippen LogP contribution >= 0.6 is 0 Å². The number of carbonyl (C=O) groups excluding carboxylic acids is 3. The zero-order valence-electron chi connectivity index (χ0n) is 15.8. The molecule has 2 aliphatic rings. The minimum atomic E-state index is -0.841. The molecule has 0 radical (unpaired) electrons. The third kappa shape index (κ3) is 4.05. The van der Waals surface area contributed by atoms with Gasteiger partial charge in [0.2, 0.25) is 0 Å². The maximum Gasteiger partial charge on any atom is 0.344 e. The first-order valence-electron chi connectivity index (χ1n) is 9.22. The fourth-order valence-corrected chi connectivity index (χ4v) is 3.80. The highest BCUT2D eigenvalue weighted by Gasteiger charge is 2.52. The smallest absolute Gasteiger partial charge is 0.344 e. The van der Waals surface area contributed by atoms with Crippen molar-refractivity contribution in [3.05, 3.63) is 29.8 Å². The van der Waals surface area contributed by atoms with Crippen molar-refractivity contribution in [3.8, 4) is 5.75 Å². The molecule has 0 aromatic heterocycles. The molecular weight excluding hydrogens is 348 g/mol. The van der Waals surface area contributed by atoms with Crippen LogP contribution < -0.4 is 15.5 Å². The van der Waals surface area contributed by atoms with Gasteiger partial charge in [0.25, 0.3) is 11.8 Å². The SMILES string of the molecule is COc1ccccc1CN(C)CC(=O)NN1C(=O)NC2(CCCCC2)C1=O. The summed E-state index contributed by atoms with van der Waals surface area (Å²) in [5, 5.41) is 3.61. The number of hydrogen-bond acceptors (Lipinski definition) is 5. The van der Waals surface area contributed by atoms with Crippen molar-refractivity contribution in [1.29, 1.82) is 0 Å². The van der Waals surface area contributed by atoms with Gasteiger partial charge in [-0.05, 0) is 26.0 Å². The predicted octanol–water partition coefficient (Wildman–Crippen LogP) is 1.41. The molecular formula is C19H26N4O4. The highest BCUT2D eigenvalue weighted by molar-refractivity contribution is 6.08. The Hall–Kier alpha value is -2.61. The highest BCUT2D eigenvalue weighted by atomic mass is 16.5. The van der Waals surface area contributed by atoms with Crippen LogP contribution in [0.25, 0.3) is 0 Å². The summed E-state index contributed by atoms with van der Waals surface area (Å²) in [6.45, 7) is 0.545. The van der Waals surface area contributed by atoms with Gasteiger partial charge in [-0.1, -0.05) is 37.5 Å². The van der Waals surface area contributed by atoms with Crippen LogP contribution in [0.1, 0.15) is 37.7 Å². The monoisotopic (exact) mass is 374 g/mol. The average Bonchev–Trinajstić information content (AvgIpc) is 2.86. The number of ether oxygens (including phenoxy) is 1. The quantitative estimate of drug-likeness (QED) is 0.735. The number of amides is 4. The molecule has 1 saturated heterocycles. The van der Waals surface area contributed by atoms with E-state index in [-0.39, 0.29) is 12.5 Å². The standard InChI is InChI=1S/C19H26N4O4/c1-22(12-14-8-4-5-9-15(14)27-2)13-16(24)21-23-17(25)19(20-18(23)26)10-6-3-7-11-19/h4-5,8-9H,3,6-7,10-13H2,1-2H3,(H,20,26)(H,21,24). The van der Waals surface area contributed by atoms with E-state index in [1.165, 1.54) is 0 Å². The molecule has 0 bridgehead atoms. The van der Waals surface area contributed by atoms with Gasteiger partial charge in [0, 0.05) is 12.1 Å². The Morgan fingerprint density at radius 3 is 2.67 bits per heavy atom. The van der Waals surface area contributed by atoms with Gasteiger partial charge < -0.3 is 10.1 Å². The Labute approximate surface area is 158 Å². The molecule has 2 fully saturated rings. The Bertz CT molecular complexity index is 730. The fraction of sp³-hybridized carbons (Fsp3) is 0.526. The largest absolute Gasteiger partial charge is 0.496 e. The lowest BCUT2D eigenvalue weighted by molar-refractivity contribution is -0.140. The van der Waals surface area contributed by atoms with E-state index in [2.05, 4.69) is 10.7 Å². The first-order chi connectivity index (χ1) is 12.9. The summed E-state index contributed by atoms with van der Waals surface area (Å²) >= 11 is 0. The maximum atomic E-state index is 12.7. The second kappa shape index (κ2) is 7.96. The first-order valence-corrected chi connectivity index (χ1v) is 9.22. The molecule has 1 saturated carbocycles. The summed E-state index contributed by atoms with van der Waals surface area (Å²) in [6, 6.07) is 7.02. The molecule has 1 aromatic rings. The number of hydrazine groups is 1. The number of hydrogen-bond donors (Lipinski definition) is 2. The van der Waals surface area contributed by atoms with Gasteiger partial charge in [-0.2, -0.15) is 5.01 Å². The van der Waals surface area contributed by atoms with Crippen molar-refractivity contribution >= 4 is 17.8 Å². The molecule has 1 heterocycles. The van der Waals surface area contributed by atoms with Crippen molar-refractivity contribution in [2.45, 2.75) is 44.2 Å². The molecule has 1 aliphatic heterocycles. The van der Waals surface area contributed by atoms with Crippen LogP contribution in [0.2, 0.25) is 0 Å². The molecule has 2 N–H and O–H groups in total. The van der Waals surface area contributed by atoms with E-state index in [0.717, 1.165) is 35.6 Å². The number of rotatable bonds is 6. The van der Waals surface area contributed by atoms with E-state index >= 15 is 0 Å². The van der Waals surface area contributed by atoms with Gasteiger partial charge in [0.05, 0.1) is 13.7 Å². The normalized spacial score (nSPS) is 18.7. The number of imide groups is 1. The second-order valence-corrected chi connectivity index (χ2v) is 7.23. The summed E-state index contributed by atoms with van der Waals surface area (Å²) in [5.41, 5.74) is 2.56. The van der Waals surface area contributed by atoms with Gasteiger partial charge in [0.15, 0.2) is 0 Å². The van der Waals surface area contributed by atoms with Gasteiger partial charge >= 0.3 is 6.03 Å². The van der Waals surface area contributed by atoms with Crippen LogP contribution in [0.5, 0.6) is 5.75 Å². The van der Waals surface area contributed by atoms with E-state index in [0.29, 0.717) is 19.4 Å². The fourth-order valence-electron chi connectivity index (χ4n) is 3.80. The van der Waals surface area contributed by atoms with Gasteiger partial charge in [-0.3, -0.25) is 19.9 Å². The molecule has 8 heteroatoms. The first kappa shape index (κ1) is 19.2. The number of likely N-dealkylation sites (N-methyl/N-ethyl adjacent to an activating group) is 1. The number of methoxy groups -OCH3 is 1. The zero-order valence-corrected chi connectivity index (χ0v) is 15.8. The average molecular weight is 374 g/mol. The number of carbonyl (C=O) groups is 3. The van der Waals surface area contributed by atoms with Crippen molar-refractivity contribution in [1.82, 2.24) is 20.7 Å². The van der Waals surface area contributed by atoms with Gasteiger partial charge in [0.1, 0.15) is 11.3 Å². The van der Waals surface area contributed by atoms with Crippen LogP contribution in [0.15, 0.2) is 24.3 Å². The van der Waals surface area contributed by atoms with Crippen LogP contribution in [0.3, 0.4) is 0 Å². The Kier molecular flexibility index (Phi) is 5.65. The number of para-hydroxylation sites is 1. The summed E-state index contributed by atoms with van der Waals surface area (Å²) in [5.74, 6) is -0.0187. The molecule has 0 unspecified atom stereocenters. The Morgan fingerprint density at radius 2 is 1.96 bits per heavy atom. The summed E-state index contributed by atoms with van der Waals surface area (Å²) in [4.78, 5) is 39.0. The van der Waals surface area contributed by atoms with E-state index in [1.54, 1.807) is 19.1 Å². The molecule has 8 nitrogen and oxygen atoms in total. The van der Waals surface area contributed by atoms with Crippen LogP contribution in [-0.2, 0) is 16.1 Å². The van der Waals surface area contributed by atoms with Crippen LogP contribution in [0.4, 0.5) is 4.79 Å². The summed E-state index contributed by atoms with van der Waals surface area (Å²) in [6.07, 6.45) is 4.10.